The van der Waals surface area contributed by atoms with E-state index in [1.807, 2.05) is 60.7 Å². The Hall–Kier alpha value is -4.90. The third kappa shape index (κ3) is 11.0. The summed E-state index contributed by atoms with van der Waals surface area (Å²) < 4.78 is 97.6. The Morgan fingerprint density at radius 2 is 0.885 bits per heavy atom. The number of hydrogen-bond donors (Lipinski definition) is 0. The summed E-state index contributed by atoms with van der Waals surface area (Å²) in [6.45, 7) is 4.29. The number of benzene rings is 2. The smallest absolute Gasteiger partial charge is 0.356 e. The molecule has 0 saturated heterocycles. The average Bonchev–Trinajstić information content (AvgIpc) is 3.27. The molecule has 0 spiro atoms. The number of unbranched alkanes of at least 4 members (excludes halogenated alkanes) is 8. The van der Waals surface area contributed by atoms with Crippen molar-refractivity contribution in [1.29, 1.82) is 0 Å². The normalized spacial score (nSPS) is 20.3. The minimum absolute atomic E-state index is 0.327. The second-order valence-electron chi connectivity index (χ2n) is 16.3. The Morgan fingerprint density at radius 3 is 1.20 bits per heavy atom. The van der Waals surface area contributed by atoms with Crippen molar-refractivity contribution in [2.24, 2.45) is 0 Å². The van der Waals surface area contributed by atoms with Gasteiger partial charge in [-0.3, -0.25) is 0 Å². The van der Waals surface area contributed by atoms with Crippen LogP contribution in [0.4, 0.5) is 26.3 Å². The van der Waals surface area contributed by atoms with E-state index in [-0.39, 0.29) is 11.6 Å². The van der Waals surface area contributed by atoms with E-state index in [4.69, 9.17) is 4.74 Å². The Kier molecular flexibility index (Phi) is 15.5. The minimum atomic E-state index is -4.70. The summed E-state index contributed by atoms with van der Waals surface area (Å²) in [4.78, 5) is 17.0. The Labute approximate surface area is 356 Å². The second kappa shape index (κ2) is 20.8. The molecule has 0 radical (unpaired) electrons. The van der Waals surface area contributed by atoms with Gasteiger partial charge < -0.3 is 4.74 Å². The molecule has 0 aliphatic heterocycles. The van der Waals surface area contributed by atoms with Gasteiger partial charge in [0.2, 0.25) is 0 Å². The van der Waals surface area contributed by atoms with Crippen LogP contribution in [0.5, 0.6) is 0 Å². The van der Waals surface area contributed by atoms with Crippen molar-refractivity contribution in [3.05, 3.63) is 167 Å². The molecular formula is C50H56F6N4O. The molecule has 0 amide bonds. The van der Waals surface area contributed by atoms with Gasteiger partial charge in [0.15, 0.2) is 0 Å². The van der Waals surface area contributed by atoms with E-state index in [1.165, 1.54) is 49.1 Å². The highest BCUT2D eigenvalue weighted by Crippen LogP contribution is 2.50. The van der Waals surface area contributed by atoms with Crippen molar-refractivity contribution in [2.45, 2.75) is 139 Å². The fourth-order valence-corrected chi connectivity index (χ4v) is 8.09. The van der Waals surface area contributed by atoms with Crippen molar-refractivity contribution in [1.82, 2.24) is 19.9 Å². The maximum atomic E-state index is 15.1. The van der Waals surface area contributed by atoms with Gasteiger partial charge in [-0.15, -0.1) is 0 Å². The zero-order valence-corrected chi connectivity index (χ0v) is 35.1. The lowest BCUT2D eigenvalue weighted by Crippen LogP contribution is -2.43. The molecule has 4 aromatic rings. The number of allylic oxidation sites excluding steroid dienone is 4. The van der Waals surface area contributed by atoms with Gasteiger partial charge >= 0.3 is 12.4 Å². The predicted octanol–water partition coefficient (Wildman–Crippen LogP) is 13.9. The topological polar surface area (TPSA) is 60.8 Å². The largest absolute Gasteiger partial charge is 0.405 e. The highest BCUT2D eigenvalue weighted by Gasteiger charge is 2.58. The maximum absolute atomic E-state index is 15.1. The summed E-state index contributed by atoms with van der Waals surface area (Å²) >= 11 is 0. The van der Waals surface area contributed by atoms with E-state index < -0.39 is 48.2 Å². The van der Waals surface area contributed by atoms with Crippen LogP contribution in [0.2, 0.25) is 0 Å². The lowest BCUT2D eigenvalue weighted by atomic mass is 9.76. The summed E-state index contributed by atoms with van der Waals surface area (Å²) in [7, 11) is 0. The number of aryl methyl sites for hydroxylation is 2. The molecule has 2 aromatic heterocycles. The predicted molar refractivity (Wildman–Crippen MR) is 228 cm³/mol. The summed E-state index contributed by atoms with van der Waals surface area (Å²) in [6.07, 6.45) is 14.1. The molecule has 324 valence electrons. The van der Waals surface area contributed by atoms with Crippen LogP contribution in [0.3, 0.4) is 0 Å². The van der Waals surface area contributed by atoms with E-state index in [0.717, 1.165) is 87.5 Å². The number of alkyl halides is 6. The monoisotopic (exact) mass is 842 g/mol. The van der Waals surface area contributed by atoms with Crippen LogP contribution >= 0.6 is 0 Å². The third-order valence-corrected chi connectivity index (χ3v) is 11.9. The van der Waals surface area contributed by atoms with E-state index in [9.17, 15) is 0 Å². The van der Waals surface area contributed by atoms with E-state index in [1.54, 1.807) is 0 Å². The van der Waals surface area contributed by atoms with Gasteiger partial charge in [-0.1, -0.05) is 162 Å². The van der Waals surface area contributed by atoms with Crippen LogP contribution in [0.25, 0.3) is 0 Å². The third-order valence-electron chi connectivity index (χ3n) is 11.9. The van der Waals surface area contributed by atoms with Crippen molar-refractivity contribution in [2.75, 3.05) is 0 Å². The molecular weight excluding hydrogens is 787 g/mol. The van der Waals surface area contributed by atoms with Gasteiger partial charge in [0, 0.05) is 24.8 Å². The van der Waals surface area contributed by atoms with Crippen LogP contribution in [-0.4, -0.2) is 32.3 Å². The van der Waals surface area contributed by atoms with Gasteiger partial charge in [0.05, 0.1) is 0 Å². The number of rotatable bonds is 20. The van der Waals surface area contributed by atoms with Crippen molar-refractivity contribution in [3.63, 3.8) is 0 Å². The van der Waals surface area contributed by atoms with Crippen LogP contribution < -0.4 is 0 Å². The van der Waals surface area contributed by atoms with Gasteiger partial charge in [0.1, 0.15) is 34.7 Å². The standard InChI is InChI=1S/C50H56F6N4O/c1-3-5-7-9-13-19-37-33-57-45(58-34-37)47(49(51,52)53)29-25-41(26-30-47)43(39-21-15-11-16-22-39)61-44(40-23-17-12-18-24-40)42-27-31-48(32-28-42,50(54,55)56)46-59-35-38(36-60-46)20-14-10-8-6-4-2/h11-12,15-18,21-29,31,33-36,43-44H,3-10,13-14,19-20,30,32H2,1-2H3. The van der Waals surface area contributed by atoms with Gasteiger partial charge in [0.25, 0.3) is 0 Å². The summed E-state index contributed by atoms with van der Waals surface area (Å²) in [5.74, 6) is -0.653. The lowest BCUT2D eigenvalue weighted by Gasteiger charge is -2.36. The Morgan fingerprint density at radius 1 is 0.525 bits per heavy atom. The van der Waals surface area contributed by atoms with E-state index in [2.05, 4.69) is 33.8 Å². The first-order valence-electron chi connectivity index (χ1n) is 21.7. The highest BCUT2D eigenvalue weighted by atomic mass is 19.4. The molecule has 6 rings (SSSR count). The molecule has 11 heteroatoms. The van der Waals surface area contributed by atoms with Crippen LogP contribution in [0.1, 0.15) is 137 Å². The number of halogens is 6. The lowest BCUT2D eigenvalue weighted by molar-refractivity contribution is -0.178. The van der Waals surface area contributed by atoms with Gasteiger partial charge in [-0.2, -0.15) is 26.3 Å². The first-order valence-corrected chi connectivity index (χ1v) is 21.7. The molecule has 5 nitrogen and oxygen atoms in total. The number of aromatic nitrogens is 4. The fourth-order valence-electron chi connectivity index (χ4n) is 8.09. The molecule has 4 unspecified atom stereocenters. The van der Waals surface area contributed by atoms with Crippen LogP contribution in [0, 0.1) is 0 Å². The molecule has 2 aliphatic rings. The van der Waals surface area contributed by atoms with E-state index in [0.29, 0.717) is 35.1 Å². The zero-order chi connectivity index (χ0) is 43.4. The molecule has 2 heterocycles. The van der Waals surface area contributed by atoms with Crippen molar-refractivity contribution in [3.8, 4) is 0 Å². The molecule has 0 fully saturated rings. The van der Waals surface area contributed by atoms with Gasteiger partial charge in [-0.05, 0) is 71.9 Å². The molecule has 0 saturated carbocycles. The molecule has 0 N–H and O–H groups in total. The highest BCUT2D eigenvalue weighted by molar-refractivity contribution is 5.44. The quantitative estimate of drug-likeness (QED) is 0.0655. The molecule has 4 atom stereocenters. The zero-order valence-electron chi connectivity index (χ0n) is 35.1. The molecule has 2 aliphatic carbocycles. The Balaban J connectivity index is 1.27. The summed E-state index contributed by atoms with van der Waals surface area (Å²) in [5, 5.41) is 0. The molecule has 2 aromatic carbocycles. The molecule has 0 bridgehead atoms. The van der Waals surface area contributed by atoms with Gasteiger partial charge in [-0.25, -0.2) is 19.9 Å². The maximum Gasteiger partial charge on any atom is 0.405 e. The number of nitrogens with zero attached hydrogens (tertiary/aromatic N) is 4. The van der Waals surface area contributed by atoms with Crippen molar-refractivity contribution >= 4 is 0 Å². The van der Waals surface area contributed by atoms with Crippen LogP contribution in [0.15, 0.2) is 133 Å². The Bertz CT molecular complexity index is 1950. The first kappa shape index (κ1) is 45.6. The SMILES string of the molecule is CCCCCCCc1cnc(C2(C(F)(F)F)C=CC(C(OC(C3=CCC(c4ncc(CCCCCCC)cn4)(C(F)(F)F)C=C3)c3ccccc3)c3ccccc3)=CC2)nc1. The summed E-state index contributed by atoms with van der Waals surface area (Å²) in [5.41, 5.74) is -1.04. The molecule has 61 heavy (non-hydrogen) atoms. The summed E-state index contributed by atoms with van der Waals surface area (Å²) in [6, 6.07) is 18.2. The minimum Gasteiger partial charge on any atom is -0.356 e. The average molecular weight is 843 g/mol. The van der Waals surface area contributed by atoms with E-state index >= 15 is 26.3 Å². The second-order valence-corrected chi connectivity index (χ2v) is 16.3. The van der Waals surface area contributed by atoms with Crippen molar-refractivity contribution < 1.29 is 31.1 Å². The number of hydrogen-bond acceptors (Lipinski definition) is 5. The first-order chi connectivity index (χ1) is 29.4. The van der Waals surface area contributed by atoms with Crippen LogP contribution in [-0.2, 0) is 28.4 Å². The fraction of sp³-hybridized carbons (Fsp3) is 0.440. The number of ether oxygens (including phenoxy) is 1.